The lowest BCUT2D eigenvalue weighted by Gasteiger charge is -2.19. The maximum Gasteiger partial charge on any atom is 0.437 e. The van der Waals surface area contributed by atoms with Gasteiger partial charge in [0, 0.05) is 13.0 Å². The Balaban J connectivity index is 1.53. The predicted molar refractivity (Wildman–Crippen MR) is 85.3 cm³/mol. The van der Waals surface area contributed by atoms with E-state index >= 15 is 0 Å². The van der Waals surface area contributed by atoms with Crippen LogP contribution in [0, 0.1) is 0 Å². The molecule has 2 atom stereocenters. The minimum absolute atomic E-state index is 0.0271. The quantitative estimate of drug-likeness (QED) is 0.866. The van der Waals surface area contributed by atoms with E-state index in [1.165, 1.54) is 16.0 Å². The molecular weight excluding hydrogens is 318 g/mol. The second kappa shape index (κ2) is 7.10. The predicted octanol–water partition coefficient (Wildman–Crippen LogP) is 1.64. The molecule has 1 saturated heterocycles. The van der Waals surface area contributed by atoms with Gasteiger partial charge in [-0.15, -0.1) is 16.4 Å². The zero-order chi connectivity index (χ0) is 16.2. The Morgan fingerprint density at radius 3 is 3.17 bits per heavy atom. The van der Waals surface area contributed by atoms with E-state index in [2.05, 4.69) is 10.4 Å². The van der Waals surface area contributed by atoms with E-state index in [0.29, 0.717) is 0 Å². The average molecular weight is 337 g/mol. The van der Waals surface area contributed by atoms with Crippen molar-refractivity contribution in [1.29, 1.82) is 0 Å². The molecule has 8 heteroatoms. The number of nitrogens with one attached hydrogen (secondary N) is 1. The van der Waals surface area contributed by atoms with Crippen LogP contribution in [0.25, 0.3) is 10.8 Å². The summed E-state index contributed by atoms with van der Waals surface area (Å²) in [6.07, 6.45) is 2.26. The van der Waals surface area contributed by atoms with Crippen molar-refractivity contribution in [2.75, 3.05) is 6.61 Å². The fourth-order valence-corrected chi connectivity index (χ4v) is 3.21. The average Bonchev–Trinajstić information content (AvgIpc) is 3.27. The molecule has 0 radical (unpaired) electrons. The summed E-state index contributed by atoms with van der Waals surface area (Å²) >= 11 is 1.44. The van der Waals surface area contributed by atoms with Crippen molar-refractivity contribution < 1.29 is 13.9 Å². The van der Waals surface area contributed by atoms with Crippen LogP contribution in [-0.2, 0) is 16.1 Å². The zero-order valence-corrected chi connectivity index (χ0v) is 13.7. The SMILES string of the molecule is C[C@@H](NC(=O)CCn1nc(-c2cccs2)oc1=O)[C@@H]1CCCO1. The molecule has 0 spiro atoms. The van der Waals surface area contributed by atoms with Gasteiger partial charge in [0.2, 0.25) is 5.91 Å². The van der Waals surface area contributed by atoms with Gasteiger partial charge in [-0.25, -0.2) is 4.79 Å². The van der Waals surface area contributed by atoms with Gasteiger partial charge in [-0.1, -0.05) is 6.07 Å². The van der Waals surface area contributed by atoms with Gasteiger partial charge in [0.25, 0.3) is 5.89 Å². The van der Waals surface area contributed by atoms with Gasteiger partial charge < -0.3 is 14.5 Å². The maximum absolute atomic E-state index is 12.0. The number of aryl methyl sites for hydroxylation is 1. The largest absolute Gasteiger partial charge is 0.437 e. The molecule has 23 heavy (non-hydrogen) atoms. The van der Waals surface area contributed by atoms with Crippen molar-refractivity contribution in [3.05, 3.63) is 28.1 Å². The number of nitrogens with zero attached hydrogens (tertiary/aromatic N) is 2. The van der Waals surface area contributed by atoms with Crippen LogP contribution in [0.5, 0.6) is 0 Å². The van der Waals surface area contributed by atoms with Crippen LogP contribution in [0.2, 0.25) is 0 Å². The van der Waals surface area contributed by atoms with E-state index in [1.807, 2.05) is 24.4 Å². The number of hydrogen-bond donors (Lipinski definition) is 1. The first kappa shape index (κ1) is 15.9. The number of carbonyl (C=O) groups excluding carboxylic acids is 1. The second-order valence-corrected chi connectivity index (χ2v) is 6.48. The van der Waals surface area contributed by atoms with Gasteiger partial charge >= 0.3 is 5.76 Å². The lowest BCUT2D eigenvalue weighted by molar-refractivity contribution is -0.122. The van der Waals surface area contributed by atoms with Crippen molar-refractivity contribution in [1.82, 2.24) is 15.1 Å². The monoisotopic (exact) mass is 337 g/mol. The zero-order valence-electron chi connectivity index (χ0n) is 12.9. The molecule has 0 unspecified atom stereocenters. The number of aromatic nitrogens is 2. The third-order valence-electron chi connectivity index (χ3n) is 3.80. The van der Waals surface area contributed by atoms with Gasteiger partial charge in [0.05, 0.1) is 23.6 Å². The minimum Gasteiger partial charge on any atom is -0.387 e. The molecule has 1 aliphatic heterocycles. The maximum atomic E-state index is 12.0. The van der Waals surface area contributed by atoms with Crippen LogP contribution >= 0.6 is 11.3 Å². The number of hydrogen-bond acceptors (Lipinski definition) is 6. The highest BCUT2D eigenvalue weighted by molar-refractivity contribution is 7.13. The summed E-state index contributed by atoms with van der Waals surface area (Å²) in [4.78, 5) is 24.5. The van der Waals surface area contributed by atoms with Crippen molar-refractivity contribution >= 4 is 17.2 Å². The standard InChI is InChI=1S/C15H19N3O4S/c1-10(11-4-2-8-21-11)16-13(19)6-7-18-15(20)22-14(17-18)12-5-3-9-23-12/h3,5,9-11H,2,4,6-8H2,1H3,(H,16,19)/t10-,11+/m1/s1. The Morgan fingerprint density at radius 1 is 1.61 bits per heavy atom. The van der Waals surface area contributed by atoms with Crippen molar-refractivity contribution in [3.8, 4) is 10.8 Å². The third kappa shape index (κ3) is 3.89. The summed E-state index contributed by atoms with van der Waals surface area (Å²) in [6, 6.07) is 3.66. The van der Waals surface area contributed by atoms with Crippen molar-refractivity contribution in [2.24, 2.45) is 0 Å². The summed E-state index contributed by atoms with van der Waals surface area (Å²) < 4.78 is 11.8. The number of ether oxygens (including phenoxy) is 1. The summed E-state index contributed by atoms with van der Waals surface area (Å²) in [6.45, 7) is 2.88. The molecular formula is C15H19N3O4S. The molecule has 2 aromatic heterocycles. The number of carbonyl (C=O) groups is 1. The molecule has 1 aliphatic rings. The Kier molecular flexibility index (Phi) is 4.92. The highest BCUT2D eigenvalue weighted by atomic mass is 32.1. The molecule has 0 aliphatic carbocycles. The summed E-state index contributed by atoms with van der Waals surface area (Å²) in [5.41, 5.74) is 0. The Morgan fingerprint density at radius 2 is 2.48 bits per heavy atom. The lowest BCUT2D eigenvalue weighted by atomic mass is 10.1. The van der Waals surface area contributed by atoms with Gasteiger partial charge in [0.15, 0.2) is 0 Å². The molecule has 124 valence electrons. The topological polar surface area (TPSA) is 86.4 Å². The van der Waals surface area contributed by atoms with Crippen LogP contribution in [0.4, 0.5) is 0 Å². The minimum atomic E-state index is -0.548. The first-order chi connectivity index (χ1) is 11.1. The fraction of sp³-hybridized carbons (Fsp3) is 0.533. The Labute approximate surface area is 137 Å². The molecule has 2 aromatic rings. The molecule has 3 heterocycles. The fourth-order valence-electron chi connectivity index (χ4n) is 2.57. The first-order valence-electron chi connectivity index (χ1n) is 7.66. The van der Waals surface area contributed by atoms with Crippen LogP contribution in [0.1, 0.15) is 26.2 Å². The molecule has 1 amide bonds. The van der Waals surface area contributed by atoms with E-state index in [-0.39, 0.29) is 36.9 Å². The highest BCUT2D eigenvalue weighted by Gasteiger charge is 2.23. The second-order valence-electron chi connectivity index (χ2n) is 5.53. The van der Waals surface area contributed by atoms with Crippen molar-refractivity contribution in [2.45, 2.75) is 44.9 Å². The van der Waals surface area contributed by atoms with Gasteiger partial charge in [0.1, 0.15) is 0 Å². The Bertz CT molecular complexity index is 701. The third-order valence-corrected chi connectivity index (χ3v) is 4.66. The molecule has 0 saturated carbocycles. The number of amides is 1. The van der Waals surface area contributed by atoms with Crippen LogP contribution in [0.15, 0.2) is 26.7 Å². The van der Waals surface area contributed by atoms with Crippen LogP contribution in [-0.4, -0.2) is 34.4 Å². The molecule has 1 N–H and O–H groups in total. The normalized spacial score (nSPS) is 18.9. The number of rotatable bonds is 6. The highest BCUT2D eigenvalue weighted by Crippen LogP contribution is 2.21. The van der Waals surface area contributed by atoms with Crippen LogP contribution < -0.4 is 11.1 Å². The van der Waals surface area contributed by atoms with Gasteiger partial charge in [-0.3, -0.25) is 4.79 Å². The van der Waals surface area contributed by atoms with Gasteiger partial charge in [-0.2, -0.15) is 4.68 Å². The van der Waals surface area contributed by atoms with E-state index in [1.54, 1.807) is 0 Å². The van der Waals surface area contributed by atoms with E-state index < -0.39 is 5.76 Å². The summed E-state index contributed by atoms with van der Waals surface area (Å²) in [5, 5.41) is 8.92. The first-order valence-corrected chi connectivity index (χ1v) is 8.54. The van der Waals surface area contributed by atoms with Crippen LogP contribution in [0.3, 0.4) is 0 Å². The molecule has 7 nitrogen and oxygen atoms in total. The Hall–Kier alpha value is -1.93. The van der Waals surface area contributed by atoms with E-state index in [4.69, 9.17) is 9.15 Å². The molecule has 0 aromatic carbocycles. The number of thiophene rings is 1. The molecule has 1 fully saturated rings. The summed E-state index contributed by atoms with van der Waals surface area (Å²) in [5.74, 6) is -0.382. The summed E-state index contributed by atoms with van der Waals surface area (Å²) in [7, 11) is 0. The van der Waals surface area contributed by atoms with E-state index in [9.17, 15) is 9.59 Å². The smallest absolute Gasteiger partial charge is 0.387 e. The van der Waals surface area contributed by atoms with Gasteiger partial charge in [-0.05, 0) is 31.2 Å². The molecule has 3 rings (SSSR count). The van der Waals surface area contributed by atoms with E-state index in [0.717, 1.165) is 24.3 Å². The van der Waals surface area contributed by atoms with Crippen molar-refractivity contribution in [3.63, 3.8) is 0 Å². The lowest BCUT2D eigenvalue weighted by Crippen LogP contribution is -2.41. The molecule has 0 bridgehead atoms.